The summed E-state index contributed by atoms with van der Waals surface area (Å²) in [7, 11) is 0. The average Bonchev–Trinajstić information content (AvgIpc) is 2.76. The molecule has 0 radical (unpaired) electrons. The molecule has 0 unspecified atom stereocenters. The predicted octanol–water partition coefficient (Wildman–Crippen LogP) is 2.83. The van der Waals surface area contributed by atoms with Gasteiger partial charge in [0.2, 0.25) is 0 Å². The zero-order valence-electron chi connectivity index (χ0n) is 9.15. The van der Waals surface area contributed by atoms with Gasteiger partial charge in [-0.2, -0.15) is 10.4 Å². The van der Waals surface area contributed by atoms with Crippen molar-refractivity contribution in [2.45, 2.75) is 13.0 Å². The molecule has 2 rings (SSSR count). The van der Waals surface area contributed by atoms with Crippen molar-refractivity contribution in [3.8, 4) is 17.2 Å². The van der Waals surface area contributed by atoms with Gasteiger partial charge in [-0.15, -0.1) is 0 Å². The first-order valence-electron chi connectivity index (χ1n) is 5.11. The van der Waals surface area contributed by atoms with Crippen LogP contribution in [-0.4, -0.2) is 16.2 Å². The summed E-state index contributed by atoms with van der Waals surface area (Å²) in [4.78, 5) is 0. The van der Waals surface area contributed by atoms with Crippen LogP contribution in [0.3, 0.4) is 0 Å². The van der Waals surface area contributed by atoms with E-state index in [-0.39, 0.29) is 11.1 Å². The molecular formula is C12H8F3N3. The summed E-state index contributed by atoms with van der Waals surface area (Å²) in [5, 5.41) is 12.3. The molecular weight excluding hydrogens is 243 g/mol. The van der Waals surface area contributed by atoms with E-state index in [4.69, 9.17) is 5.26 Å². The van der Waals surface area contributed by atoms with Crippen LogP contribution in [0.15, 0.2) is 30.6 Å². The minimum Gasteiger partial charge on any atom is -0.266 e. The highest BCUT2D eigenvalue weighted by molar-refractivity contribution is 5.63. The summed E-state index contributed by atoms with van der Waals surface area (Å²) < 4.78 is 39.0. The predicted molar refractivity (Wildman–Crippen MR) is 58.3 cm³/mol. The first-order valence-corrected chi connectivity index (χ1v) is 5.11. The van der Waals surface area contributed by atoms with Gasteiger partial charge in [0.25, 0.3) is 6.43 Å². The van der Waals surface area contributed by atoms with Gasteiger partial charge in [0.1, 0.15) is 12.4 Å². The highest BCUT2D eigenvalue weighted by Crippen LogP contribution is 2.23. The summed E-state index contributed by atoms with van der Waals surface area (Å²) in [6, 6.07) is 5.80. The Labute approximate surface area is 101 Å². The topological polar surface area (TPSA) is 41.6 Å². The molecule has 0 aliphatic carbocycles. The third kappa shape index (κ3) is 2.51. The van der Waals surface area contributed by atoms with Gasteiger partial charge in [0.05, 0.1) is 17.8 Å². The monoisotopic (exact) mass is 251 g/mol. The van der Waals surface area contributed by atoms with Gasteiger partial charge in [-0.3, -0.25) is 4.68 Å². The molecule has 0 N–H and O–H groups in total. The van der Waals surface area contributed by atoms with Crippen molar-refractivity contribution >= 4 is 0 Å². The van der Waals surface area contributed by atoms with E-state index in [9.17, 15) is 13.2 Å². The van der Waals surface area contributed by atoms with Crippen LogP contribution in [0.4, 0.5) is 13.2 Å². The van der Waals surface area contributed by atoms with Crippen LogP contribution >= 0.6 is 0 Å². The number of hydrogen-bond donors (Lipinski definition) is 0. The summed E-state index contributed by atoms with van der Waals surface area (Å²) in [5.74, 6) is -0.578. The van der Waals surface area contributed by atoms with E-state index < -0.39 is 18.8 Å². The lowest BCUT2D eigenvalue weighted by Gasteiger charge is -2.00. The molecule has 2 aromatic rings. The smallest absolute Gasteiger partial charge is 0.257 e. The molecule has 0 aliphatic rings. The van der Waals surface area contributed by atoms with E-state index >= 15 is 0 Å². The normalized spacial score (nSPS) is 10.6. The number of nitrogens with zero attached hydrogens (tertiary/aromatic N) is 3. The standard InChI is InChI=1S/C12H8F3N3/c13-11-3-8(4-16)1-2-10(11)9-5-17-18(6-9)7-12(14)15/h1-3,5-6,12H,7H2. The van der Waals surface area contributed by atoms with Crippen LogP contribution in [-0.2, 0) is 6.54 Å². The lowest BCUT2D eigenvalue weighted by Crippen LogP contribution is -2.06. The van der Waals surface area contributed by atoms with Gasteiger partial charge < -0.3 is 0 Å². The first kappa shape index (κ1) is 12.2. The van der Waals surface area contributed by atoms with E-state index in [1.54, 1.807) is 0 Å². The lowest BCUT2D eigenvalue weighted by atomic mass is 10.1. The van der Waals surface area contributed by atoms with Gasteiger partial charge in [-0.05, 0) is 12.1 Å². The van der Waals surface area contributed by atoms with E-state index in [1.165, 1.54) is 24.5 Å². The molecule has 6 heteroatoms. The quantitative estimate of drug-likeness (QED) is 0.841. The van der Waals surface area contributed by atoms with E-state index in [1.807, 2.05) is 6.07 Å². The fourth-order valence-corrected chi connectivity index (χ4v) is 1.56. The van der Waals surface area contributed by atoms with E-state index in [0.717, 1.165) is 10.7 Å². The van der Waals surface area contributed by atoms with Gasteiger partial charge in [-0.25, -0.2) is 13.2 Å². The highest BCUT2D eigenvalue weighted by atomic mass is 19.3. The zero-order chi connectivity index (χ0) is 13.1. The Hall–Kier alpha value is -2.29. The van der Waals surface area contributed by atoms with Crippen LogP contribution in [0.25, 0.3) is 11.1 Å². The molecule has 0 atom stereocenters. The number of benzene rings is 1. The zero-order valence-corrected chi connectivity index (χ0v) is 9.15. The third-order valence-corrected chi connectivity index (χ3v) is 2.37. The second kappa shape index (κ2) is 4.92. The molecule has 0 saturated carbocycles. The minimum absolute atomic E-state index is 0.205. The molecule has 1 heterocycles. The van der Waals surface area contributed by atoms with E-state index in [0.29, 0.717) is 5.56 Å². The first-order chi connectivity index (χ1) is 8.60. The maximum Gasteiger partial charge on any atom is 0.257 e. The summed E-state index contributed by atoms with van der Waals surface area (Å²) in [5.41, 5.74) is 0.836. The fraction of sp³-hybridized carbons (Fsp3) is 0.167. The summed E-state index contributed by atoms with van der Waals surface area (Å²) in [6.07, 6.45) is 0.146. The number of alkyl halides is 2. The van der Waals surface area contributed by atoms with Crippen molar-refractivity contribution in [3.63, 3.8) is 0 Å². The maximum atomic E-state index is 13.7. The van der Waals surface area contributed by atoms with Crippen molar-refractivity contribution in [1.82, 2.24) is 9.78 Å². The molecule has 0 amide bonds. The van der Waals surface area contributed by atoms with Gasteiger partial charge >= 0.3 is 0 Å². The largest absolute Gasteiger partial charge is 0.266 e. The molecule has 0 spiro atoms. The average molecular weight is 251 g/mol. The molecule has 1 aromatic heterocycles. The minimum atomic E-state index is -2.51. The lowest BCUT2D eigenvalue weighted by molar-refractivity contribution is 0.122. The van der Waals surface area contributed by atoms with Crippen LogP contribution in [0, 0.1) is 17.1 Å². The third-order valence-electron chi connectivity index (χ3n) is 2.37. The number of hydrogen-bond acceptors (Lipinski definition) is 2. The summed E-state index contributed by atoms with van der Waals surface area (Å²) in [6.45, 7) is -0.530. The molecule has 0 aliphatic heterocycles. The van der Waals surface area contributed by atoms with Crippen LogP contribution < -0.4 is 0 Å². The van der Waals surface area contributed by atoms with Crippen LogP contribution in [0.5, 0.6) is 0 Å². The molecule has 18 heavy (non-hydrogen) atoms. The second-order valence-corrected chi connectivity index (χ2v) is 3.65. The van der Waals surface area contributed by atoms with Crippen molar-refractivity contribution in [2.24, 2.45) is 0 Å². The van der Waals surface area contributed by atoms with Gasteiger partial charge in [0.15, 0.2) is 0 Å². The summed E-state index contributed by atoms with van der Waals surface area (Å²) >= 11 is 0. The SMILES string of the molecule is N#Cc1ccc(-c2cnn(CC(F)F)c2)c(F)c1. The molecule has 3 nitrogen and oxygen atoms in total. The van der Waals surface area contributed by atoms with E-state index in [2.05, 4.69) is 5.10 Å². The Bertz CT molecular complexity index is 599. The number of nitriles is 1. The maximum absolute atomic E-state index is 13.7. The van der Waals surface area contributed by atoms with Crippen molar-refractivity contribution in [1.29, 1.82) is 5.26 Å². The van der Waals surface area contributed by atoms with Gasteiger partial charge in [0, 0.05) is 17.3 Å². The van der Waals surface area contributed by atoms with Crippen molar-refractivity contribution < 1.29 is 13.2 Å². The van der Waals surface area contributed by atoms with Gasteiger partial charge in [-0.1, -0.05) is 6.07 Å². The highest BCUT2D eigenvalue weighted by Gasteiger charge is 2.10. The molecule has 1 aromatic carbocycles. The van der Waals surface area contributed by atoms with Crippen LogP contribution in [0.1, 0.15) is 5.56 Å². The second-order valence-electron chi connectivity index (χ2n) is 3.65. The number of halogens is 3. The molecule has 0 bridgehead atoms. The van der Waals surface area contributed by atoms with Crippen molar-refractivity contribution in [2.75, 3.05) is 0 Å². The Morgan fingerprint density at radius 3 is 2.78 bits per heavy atom. The Morgan fingerprint density at radius 1 is 1.39 bits per heavy atom. The van der Waals surface area contributed by atoms with Crippen molar-refractivity contribution in [3.05, 3.63) is 42.0 Å². The Balaban J connectivity index is 2.32. The van der Waals surface area contributed by atoms with Crippen LogP contribution in [0.2, 0.25) is 0 Å². The molecule has 0 saturated heterocycles. The number of rotatable bonds is 3. The molecule has 0 fully saturated rings. The Morgan fingerprint density at radius 2 is 2.17 bits per heavy atom. The fourth-order valence-electron chi connectivity index (χ4n) is 1.56. The number of aromatic nitrogens is 2. The Kier molecular flexibility index (Phi) is 3.33. The molecule has 92 valence electrons.